The predicted octanol–water partition coefficient (Wildman–Crippen LogP) is 1.67. The number of amides is 2. The highest BCUT2D eigenvalue weighted by molar-refractivity contribution is 7.99. The number of rotatable bonds is 4. The van der Waals surface area contributed by atoms with Gasteiger partial charge in [-0.05, 0) is 17.7 Å². The molecule has 6 nitrogen and oxygen atoms in total. The number of thioether (sulfide) groups is 1. The number of benzene rings is 1. The summed E-state index contributed by atoms with van der Waals surface area (Å²) < 4.78 is 9.69. The smallest absolute Gasteiger partial charge is 0.325 e. The van der Waals surface area contributed by atoms with Gasteiger partial charge in [0.25, 0.3) is 0 Å². The highest BCUT2D eigenvalue weighted by Gasteiger charge is 2.28. The van der Waals surface area contributed by atoms with Gasteiger partial charge in [-0.15, -0.1) is 0 Å². The van der Waals surface area contributed by atoms with E-state index in [1.165, 1.54) is 7.11 Å². The topological polar surface area (TPSA) is 67.9 Å². The molecule has 0 radical (unpaired) electrons. The fraction of sp³-hybridized carbons (Fsp3) is 0.467. The van der Waals surface area contributed by atoms with Crippen LogP contribution in [0.3, 0.4) is 0 Å². The SMILES string of the molecule is COC(=O)CNC(=O)N1CCSC[C@H]1c1ccc(OC)cc1. The molecular weight excluding hydrogens is 304 g/mol. The zero-order valence-electron chi connectivity index (χ0n) is 12.7. The maximum Gasteiger partial charge on any atom is 0.325 e. The molecule has 0 aromatic heterocycles. The van der Waals surface area contributed by atoms with Gasteiger partial charge in [-0.3, -0.25) is 4.79 Å². The van der Waals surface area contributed by atoms with Crippen molar-refractivity contribution in [1.29, 1.82) is 0 Å². The molecule has 1 fully saturated rings. The van der Waals surface area contributed by atoms with Crippen molar-refractivity contribution in [2.45, 2.75) is 6.04 Å². The summed E-state index contributed by atoms with van der Waals surface area (Å²) in [6.45, 7) is 0.530. The summed E-state index contributed by atoms with van der Waals surface area (Å²) in [6.07, 6.45) is 0. The molecule has 0 spiro atoms. The molecule has 0 aliphatic carbocycles. The van der Waals surface area contributed by atoms with Gasteiger partial charge in [0.05, 0.1) is 20.3 Å². The summed E-state index contributed by atoms with van der Waals surface area (Å²) in [5.74, 6) is 2.05. The summed E-state index contributed by atoms with van der Waals surface area (Å²) >= 11 is 1.81. The summed E-state index contributed by atoms with van der Waals surface area (Å²) in [5, 5.41) is 2.60. The molecule has 22 heavy (non-hydrogen) atoms. The van der Waals surface area contributed by atoms with Gasteiger partial charge in [0, 0.05) is 18.1 Å². The highest BCUT2D eigenvalue weighted by Crippen LogP contribution is 2.30. The number of nitrogens with zero attached hydrogens (tertiary/aromatic N) is 1. The first-order valence-electron chi connectivity index (χ1n) is 6.98. The third-order valence-electron chi connectivity index (χ3n) is 3.50. The Bertz CT molecular complexity index is 521. The summed E-state index contributed by atoms with van der Waals surface area (Å²) in [5.41, 5.74) is 1.06. The lowest BCUT2D eigenvalue weighted by Crippen LogP contribution is -2.47. The fourth-order valence-electron chi connectivity index (χ4n) is 2.27. The van der Waals surface area contributed by atoms with Gasteiger partial charge in [0.1, 0.15) is 12.3 Å². The van der Waals surface area contributed by atoms with Gasteiger partial charge in [0.15, 0.2) is 0 Å². The molecule has 1 N–H and O–H groups in total. The molecule has 1 aromatic carbocycles. The van der Waals surface area contributed by atoms with Crippen LogP contribution in [0.1, 0.15) is 11.6 Å². The van der Waals surface area contributed by atoms with E-state index in [2.05, 4.69) is 10.1 Å². The van der Waals surface area contributed by atoms with Crippen molar-refractivity contribution in [2.75, 3.05) is 38.8 Å². The fourth-order valence-corrected chi connectivity index (χ4v) is 3.36. The number of carbonyl (C=O) groups is 2. The zero-order chi connectivity index (χ0) is 15.9. The quantitative estimate of drug-likeness (QED) is 0.853. The van der Waals surface area contributed by atoms with Crippen molar-refractivity contribution in [3.05, 3.63) is 29.8 Å². The van der Waals surface area contributed by atoms with E-state index in [9.17, 15) is 9.59 Å². The number of methoxy groups -OCH3 is 2. The molecule has 2 amide bonds. The van der Waals surface area contributed by atoms with Crippen LogP contribution >= 0.6 is 11.8 Å². The van der Waals surface area contributed by atoms with Gasteiger partial charge in [-0.2, -0.15) is 11.8 Å². The van der Waals surface area contributed by atoms with Crippen molar-refractivity contribution in [3.63, 3.8) is 0 Å². The first-order chi connectivity index (χ1) is 10.7. The van der Waals surface area contributed by atoms with E-state index < -0.39 is 5.97 Å². The van der Waals surface area contributed by atoms with Crippen LogP contribution in [0, 0.1) is 0 Å². The Labute approximate surface area is 134 Å². The number of urea groups is 1. The molecule has 7 heteroatoms. The van der Waals surface area contributed by atoms with Crippen LogP contribution in [0.4, 0.5) is 4.79 Å². The molecule has 1 heterocycles. The molecule has 1 aliphatic rings. The summed E-state index contributed by atoms with van der Waals surface area (Å²) in [7, 11) is 2.92. The Morgan fingerprint density at radius 1 is 1.32 bits per heavy atom. The average molecular weight is 324 g/mol. The standard InChI is InChI=1S/C15H20N2O4S/c1-20-12-5-3-11(4-6-12)13-10-22-8-7-17(13)15(19)16-9-14(18)21-2/h3-6,13H,7-10H2,1-2H3,(H,16,19)/t13-/m0/s1. The van der Waals surface area contributed by atoms with Crippen LogP contribution in [0.2, 0.25) is 0 Å². The lowest BCUT2D eigenvalue weighted by atomic mass is 10.1. The van der Waals surface area contributed by atoms with Crippen molar-refractivity contribution in [1.82, 2.24) is 10.2 Å². The van der Waals surface area contributed by atoms with Crippen LogP contribution in [0.5, 0.6) is 5.75 Å². The third-order valence-corrected chi connectivity index (χ3v) is 4.52. The second kappa shape index (κ2) is 7.93. The molecule has 1 saturated heterocycles. The Morgan fingerprint density at radius 3 is 2.68 bits per heavy atom. The van der Waals surface area contributed by atoms with Crippen LogP contribution in [-0.2, 0) is 9.53 Å². The van der Waals surface area contributed by atoms with Crippen molar-refractivity contribution < 1.29 is 19.1 Å². The first kappa shape index (κ1) is 16.5. The Hall–Kier alpha value is -1.89. The summed E-state index contributed by atoms with van der Waals surface area (Å²) in [4.78, 5) is 25.2. The second-order valence-corrected chi connectivity index (χ2v) is 5.94. The zero-order valence-corrected chi connectivity index (χ0v) is 13.5. The number of nitrogens with one attached hydrogen (secondary N) is 1. The third kappa shape index (κ3) is 4.07. The highest BCUT2D eigenvalue weighted by atomic mass is 32.2. The Kier molecular flexibility index (Phi) is 5.94. The molecule has 120 valence electrons. The average Bonchev–Trinajstić information content (AvgIpc) is 2.59. The van der Waals surface area contributed by atoms with Crippen LogP contribution in [0.25, 0.3) is 0 Å². The molecule has 1 aromatic rings. The van der Waals surface area contributed by atoms with E-state index in [4.69, 9.17) is 4.74 Å². The van der Waals surface area contributed by atoms with Crippen molar-refractivity contribution in [3.8, 4) is 5.75 Å². The van der Waals surface area contributed by atoms with Crippen molar-refractivity contribution >= 4 is 23.8 Å². The number of hydrogen-bond acceptors (Lipinski definition) is 5. The van der Waals surface area contributed by atoms with Crippen LogP contribution < -0.4 is 10.1 Å². The number of esters is 1. The number of ether oxygens (including phenoxy) is 2. The maximum atomic E-state index is 12.3. The van der Waals surface area contributed by atoms with E-state index in [0.29, 0.717) is 6.54 Å². The number of carbonyl (C=O) groups excluding carboxylic acids is 2. The van der Waals surface area contributed by atoms with E-state index in [1.54, 1.807) is 12.0 Å². The maximum absolute atomic E-state index is 12.3. The monoisotopic (exact) mass is 324 g/mol. The van der Waals surface area contributed by atoms with Crippen LogP contribution in [-0.4, -0.2) is 55.7 Å². The van der Waals surface area contributed by atoms with E-state index in [1.807, 2.05) is 36.0 Å². The van der Waals surface area contributed by atoms with E-state index in [-0.39, 0.29) is 18.6 Å². The number of hydrogen-bond donors (Lipinski definition) is 1. The largest absolute Gasteiger partial charge is 0.497 e. The molecule has 0 saturated carbocycles. The molecule has 0 bridgehead atoms. The molecule has 1 atom stereocenters. The van der Waals surface area contributed by atoms with E-state index >= 15 is 0 Å². The first-order valence-corrected chi connectivity index (χ1v) is 8.14. The Balaban J connectivity index is 2.06. The van der Waals surface area contributed by atoms with Crippen LogP contribution in [0.15, 0.2) is 24.3 Å². The van der Waals surface area contributed by atoms with Gasteiger partial charge >= 0.3 is 12.0 Å². The minimum Gasteiger partial charge on any atom is -0.497 e. The van der Waals surface area contributed by atoms with Gasteiger partial charge in [-0.1, -0.05) is 12.1 Å². The molecule has 0 unspecified atom stereocenters. The van der Waals surface area contributed by atoms with Gasteiger partial charge < -0.3 is 19.7 Å². The summed E-state index contributed by atoms with van der Waals surface area (Å²) in [6, 6.07) is 7.46. The predicted molar refractivity (Wildman–Crippen MR) is 85.2 cm³/mol. The van der Waals surface area contributed by atoms with Gasteiger partial charge in [0.2, 0.25) is 0 Å². The molecule has 2 rings (SSSR count). The minimum absolute atomic E-state index is 0.0118. The minimum atomic E-state index is -0.458. The van der Waals surface area contributed by atoms with E-state index in [0.717, 1.165) is 22.8 Å². The second-order valence-electron chi connectivity index (χ2n) is 4.79. The van der Waals surface area contributed by atoms with Gasteiger partial charge in [-0.25, -0.2) is 4.79 Å². The lowest BCUT2D eigenvalue weighted by molar-refractivity contribution is -0.139. The molecule has 1 aliphatic heterocycles. The normalized spacial score (nSPS) is 17.7. The molecular formula is C15H20N2O4S. The lowest BCUT2D eigenvalue weighted by Gasteiger charge is -2.35. The van der Waals surface area contributed by atoms with Crippen molar-refractivity contribution in [2.24, 2.45) is 0 Å². The Morgan fingerprint density at radius 2 is 2.05 bits per heavy atom.